The second-order valence-corrected chi connectivity index (χ2v) is 5.52. The van der Waals surface area contributed by atoms with Crippen LogP contribution in [-0.4, -0.2) is 18.4 Å². The van der Waals surface area contributed by atoms with Crippen LogP contribution < -0.4 is 0 Å². The molecular formula is C19H14ClNO3. The smallest absolute Gasteiger partial charge is 0.349 e. The lowest BCUT2D eigenvalue weighted by molar-refractivity contribution is -0.137. The molecule has 120 valence electrons. The molecule has 0 atom stereocenters. The lowest BCUT2D eigenvalue weighted by Gasteiger charge is -2.04. The third kappa shape index (κ3) is 4.80. The zero-order valence-electron chi connectivity index (χ0n) is 13.0. The molecule has 24 heavy (non-hydrogen) atoms. The highest BCUT2D eigenvalue weighted by atomic mass is 35.5. The maximum Gasteiger partial charge on any atom is 0.349 e. The van der Waals surface area contributed by atoms with Gasteiger partial charge in [0.15, 0.2) is 12.4 Å². The summed E-state index contributed by atoms with van der Waals surface area (Å²) < 4.78 is 4.93. The predicted octanol–water partition coefficient (Wildman–Crippen LogP) is 3.98. The predicted molar refractivity (Wildman–Crippen MR) is 91.5 cm³/mol. The number of hydrogen-bond donors (Lipinski definition) is 0. The van der Waals surface area contributed by atoms with Crippen LogP contribution in [0.3, 0.4) is 0 Å². The molecule has 2 aromatic carbocycles. The van der Waals surface area contributed by atoms with Crippen LogP contribution in [0, 0.1) is 18.3 Å². The van der Waals surface area contributed by atoms with Gasteiger partial charge in [-0.3, -0.25) is 4.79 Å². The van der Waals surface area contributed by atoms with Gasteiger partial charge in [0.05, 0.1) is 0 Å². The Morgan fingerprint density at radius 3 is 2.33 bits per heavy atom. The average Bonchev–Trinajstić information content (AvgIpc) is 2.59. The summed E-state index contributed by atoms with van der Waals surface area (Å²) in [4.78, 5) is 23.9. The van der Waals surface area contributed by atoms with E-state index >= 15 is 0 Å². The number of Topliss-reactive ketones (excluding diaryl/α,β-unsaturated/α-hetero) is 1. The van der Waals surface area contributed by atoms with E-state index < -0.39 is 12.6 Å². The summed E-state index contributed by atoms with van der Waals surface area (Å²) in [5.74, 6) is -1.20. The van der Waals surface area contributed by atoms with Gasteiger partial charge >= 0.3 is 5.97 Å². The lowest BCUT2D eigenvalue weighted by atomic mass is 10.1. The van der Waals surface area contributed by atoms with Gasteiger partial charge in [-0.05, 0) is 42.8 Å². The second kappa shape index (κ2) is 8.09. The Balaban J connectivity index is 2.02. The van der Waals surface area contributed by atoms with Crippen molar-refractivity contribution in [3.63, 3.8) is 0 Å². The first kappa shape index (κ1) is 17.5. The van der Waals surface area contributed by atoms with Crippen molar-refractivity contribution in [2.24, 2.45) is 0 Å². The van der Waals surface area contributed by atoms with E-state index in [9.17, 15) is 9.59 Å². The van der Waals surface area contributed by atoms with Crippen LogP contribution in [0.15, 0.2) is 54.1 Å². The number of nitriles is 1. The van der Waals surface area contributed by atoms with Crippen LogP contribution in [-0.2, 0) is 9.53 Å². The third-order valence-corrected chi connectivity index (χ3v) is 3.48. The maximum absolute atomic E-state index is 11.9. The van der Waals surface area contributed by atoms with E-state index in [2.05, 4.69) is 0 Å². The summed E-state index contributed by atoms with van der Waals surface area (Å²) in [6, 6.07) is 15.4. The molecule has 0 aromatic heterocycles. The van der Waals surface area contributed by atoms with Crippen molar-refractivity contribution < 1.29 is 14.3 Å². The number of rotatable bonds is 5. The van der Waals surface area contributed by atoms with E-state index in [1.165, 1.54) is 6.08 Å². The minimum Gasteiger partial charge on any atom is -0.453 e. The van der Waals surface area contributed by atoms with Crippen molar-refractivity contribution in [2.45, 2.75) is 6.92 Å². The van der Waals surface area contributed by atoms with Gasteiger partial charge in [0, 0.05) is 10.6 Å². The minimum absolute atomic E-state index is 0.164. The molecule has 0 unspecified atom stereocenters. The van der Waals surface area contributed by atoms with Crippen LogP contribution in [0.5, 0.6) is 0 Å². The molecule has 0 aliphatic carbocycles. The van der Waals surface area contributed by atoms with Gasteiger partial charge < -0.3 is 4.74 Å². The number of halogens is 1. The Bertz CT molecular complexity index is 815. The Kier molecular flexibility index (Phi) is 5.89. The van der Waals surface area contributed by atoms with Gasteiger partial charge in [-0.15, -0.1) is 0 Å². The fourth-order valence-corrected chi connectivity index (χ4v) is 2.02. The Labute approximate surface area is 144 Å². The van der Waals surface area contributed by atoms with Crippen LogP contribution in [0.2, 0.25) is 5.02 Å². The number of aryl methyl sites for hydroxylation is 1. The van der Waals surface area contributed by atoms with Crippen molar-refractivity contribution in [1.29, 1.82) is 5.26 Å². The Hall–Kier alpha value is -2.90. The van der Waals surface area contributed by atoms with Crippen molar-refractivity contribution >= 4 is 29.4 Å². The number of hydrogen-bond acceptors (Lipinski definition) is 4. The molecule has 5 heteroatoms. The minimum atomic E-state index is -0.833. The molecule has 0 heterocycles. The number of ether oxygens (including phenoxy) is 1. The monoisotopic (exact) mass is 339 g/mol. The van der Waals surface area contributed by atoms with Crippen LogP contribution in [0.1, 0.15) is 21.5 Å². The van der Waals surface area contributed by atoms with E-state index in [0.29, 0.717) is 16.1 Å². The highest BCUT2D eigenvalue weighted by molar-refractivity contribution is 6.30. The number of ketones is 1. The molecule has 0 amide bonds. The van der Waals surface area contributed by atoms with Crippen LogP contribution in [0.25, 0.3) is 6.08 Å². The average molecular weight is 340 g/mol. The molecule has 0 aliphatic rings. The summed E-state index contributed by atoms with van der Waals surface area (Å²) >= 11 is 5.75. The first-order valence-electron chi connectivity index (χ1n) is 7.14. The SMILES string of the molecule is Cc1ccc(/C=C(\C#N)C(=O)OCC(=O)c2ccc(Cl)cc2)cc1. The largest absolute Gasteiger partial charge is 0.453 e. The van der Waals surface area contributed by atoms with Gasteiger partial charge in [-0.1, -0.05) is 41.4 Å². The van der Waals surface area contributed by atoms with Gasteiger partial charge in [0.25, 0.3) is 0 Å². The first-order valence-corrected chi connectivity index (χ1v) is 7.52. The van der Waals surface area contributed by atoms with Gasteiger partial charge in [0.1, 0.15) is 11.6 Å². The fourth-order valence-electron chi connectivity index (χ4n) is 1.89. The lowest BCUT2D eigenvalue weighted by Crippen LogP contribution is -2.15. The quantitative estimate of drug-likeness (QED) is 0.357. The second-order valence-electron chi connectivity index (χ2n) is 5.09. The van der Waals surface area contributed by atoms with Gasteiger partial charge in [-0.2, -0.15) is 5.26 Å². The maximum atomic E-state index is 11.9. The highest BCUT2D eigenvalue weighted by Gasteiger charge is 2.14. The molecule has 0 aliphatic heterocycles. The van der Waals surface area contributed by atoms with Crippen LogP contribution in [0.4, 0.5) is 0 Å². The molecular weight excluding hydrogens is 326 g/mol. The Morgan fingerprint density at radius 2 is 1.75 bits per heavy atom. The summed E-state index contributed by atoms with van der Waals surface area (Å²) in [5.41, 5.74) is 2.00. The molecule has 0 radical (unpaired) electrons. The third-order valence-electron chi connectivity index (χ3n) is 3.23. The molecule has 2 aromatic rings. The zero-order valence-corrected chi connectivity index (χ0v) is 13.7. The summed E-state index contributed by atoms with van der Waals surface area (Å²) in [6.45, 7) is 1.50. The van der Waals surface area contributed by atoms with Crippen LogP contribution >= 0.6 is 11.6 Å². The van der Waals surface area contributed by atoms with Crippen molar-refractivity contribution in [1.82, 2.24) is 0 Å². The normalized spacial score (nSPS) is 10.8. The summed E-state index contributed by atoms with van der Waals surface area (Å²) in [7, 11) is 0. The molecule has 2 rings (SSSR count). The molecule has 4 nitrogen and oxygen atoms in total. The fraction of sp³-hybridized carbons (Fsp3) is 0.105. The summed E-state index contributed by atoms with van der Waals surface area (Å²) in [5, 5.41) is 9.62. The van der Waals surface area contributed by atoms with E-state index in [0.717, 1.165) is 5.56 Å². The van der Waals surface area contributed by atoms with E-state index in [-0.39, 0.29) is 11.4 Å². The van der Waals surface area contributed by atoms with E-state index in [4.69, 9.17) is 21.6 Å². The van der Waals surface area contributed by atoms with E-state index in [1.54, 1.807) is 42.5 Å². The van der Waals surface area contributed by atoms with Crippen molar-refractivity contribution in [2.75, 3.05) is 6.61 Å². The first-order chi connectivity index (χ1) is 11.5. The topological polar surface area (TPSA) is 67.2 Å². The van der Waals surface area contributed by atoms with Crippen molar-refractivity contribution in [3.8, 4) is 6.07 Å². The standard InChI is InChI=1S/C19H14ClNO3/c1-13-2-4-14(5-3-13)10-16(11-21)19(23)24-12-18(22)15-6-8-17(20)9-7-15/h2-10H,12H2,1H3/b16-10+. The highest BCUT2D eigenvalue weighted by Crippen LogP contribution is 2.12. The van der Waals surface area contributed by atoms with E-state index in [1.807, 2.05) is 19.1 Å². The number of carbonyl (C=O) groups excluding carboxylic acids is 2. The molecule has 0 saturated carbocycles. The molecule has 0 N–H and O–H groups in total. The number of carbonyl (C=O) groups is 2. The van der Waals surface area contributed by atoms with Crippen molar-refractivity contribution in [3.05, 3.63) is 75.8 Å². The zero-order chi connectivity index (χ0) is 17.5. The molecule has 0 fully saturated rings. The number of nitrogens with zero attached hydrogens (tertiary/aromatic N) is 1. The molecule has 0 spiro atoms. The number of esters is 1. The molecule has 0 saturated heterocycles. The Morgan fingerprint density at radius 1 is 1.12 bits per heavy atom. The van der Waals surface area contributed by atoms with Gasteiger partial charge in [-0.25, -0.2) is 4.79 Å². The number of benzene rings is 2. The summed E-state index contributed by atoms with van der Waals surface area (Å²) in [6.07, 6.45) is 1.43. The molecule has 0 bridgehead atoms. The van der Waals surface area contributed by atoms with Gasteiger partial charge in [0.2, 0.25) is 0 Å².